The zero-order chi connectivity index (χ0) is 34.9. The van der Waals surface area contributed by atoms with Gasteiger partial charge in [0.1, 0.15) is 0 Å². The van der Waals surface area contributed by atoms with Crippen LogP contribution in [0.4, 0.5) is 5.69 Å². The molecule has 12 heteroatoms. The fraction of sp³-hybridized carbons (Fsp3) is 0.417. The summed E-state index contributed by atoms with van der Waals surface area (Å²) in [6, 6.07) is 14.1. The number of allylic oxidation sites excluding steroid dienone is 2. The van der Waals surface area contributed by atoms with Gasteiger partial charge in [-0.25, -0.2) is 0 Å². The minimum atomic E-state index is -0.865. The molecule has 0 saturated carbocycles. The number of rotatable bonds is 17. The standard InChI is InChI=1S/C36H50N8O4/c1-4-6-30(27(3)35(38)36(48)41-23-32(45)40-22-29-12-10-28(21-37)11-13-29)7-5-16-39-33(46)24-43-17-19-44(20-18-43)25-34(47)42-31-14-8-26(2)9-15-31/h5-15,21,27,35,37H,4,16-20,22-25,38H2,1-3H3,(H,39,46)(H,40,45)(H,41,48)(H,42,47)/b7-5-,30-6+,37-21?. The molecule has 2 aromatic rings. The van der Waals surface area contributed by atoms with Crippen LogP contribution in [0, 0.1) is 18.3 Å². The predicted molar refractivity (Wildman–Crippen MR) is 190 cm³/mol. The van der Waals surface area contributed by atoms with Crippen molar-refractivity contribution in [2.45, 2.75) is 39.8 Å². The number of aryl methyl sites for hydroxylation is 1. The van der Waals surface area contributed by atoms with Gasteiger partial charge in [-0.1, -0.05) is 74.0 Å². The summed E-state index contributed by atoms with van der Waals surface area (Å²) in [4.78, 5) is 54.2. The van der Waals surface area contributed by atoms with Gasteiger partial charge in [0.05, 0.1) is 25.7 Å². The van der Waals surface area contributed by atoms with E-state index in [4.69, 9.17) is 11.1 Å². The third kappa shape index (κ3) is 13.2. The van der Waals surface area contributed by atoms with E-state index in [9.17, 15) is 19.2 Å². The Kier molecular flexibility index (Phi) is 15.7. The topological polar surface area (TPSA) is 173 Å². The first kappa shape index (κ1) is 37.8. The van der Waals surface area contributed by atoms with Gasteiger partial charge in [-0.15, -0.1) is 0 Å². The van der Waals surface area contributed by atoms with Crippen molar-refractivity contribution in [3.8, 4) is 0 Å². The minimum Gasteiger partial charge on any atom is -0.352 e. The molecule has 0 radical (unpaired) electrons. The third-order valence-corrected chi connectivity index (χ3v) is 8.13. The van der Waals surface area contributed by atoms with Gasteiger partial charge in [0, 0.05) is 57.1 Å². The fourth-order valence-corrected chi connectivity index (χ4v) is 5.13. The molecular weight excluding hydrogens is 608 g/mol. The molecule has 1 aliphatic heterocycles. The number of hydrogen-bond donors (Lipinski definition) is 6. The van der Waals surface area contributed by atoms with Crippen LogP contribution in [0.2, 0.25) is 0 Å². The van der Waals surface area contributed by atoms with E-state index in [2.05, 4.69) is 31.1 Å². The molecular formula is C36H50N8O4. The van der Waals surface area contributed by atoms with E-state index in [1.807, 2.05) is 75.4 Å². The van der Waals surface area contributed by atoms with E-state index in [-0.39, 0.29) is 36.7 Å². The van der Waals surface area contributed by atoms with Crippen LogP contribution in [-0.2, 0) is 25.7 Å². The maximum atomic E-state index is 12.7. The Bertz CT molecular complexity index is 1430. The van der Waals surface area contributed by atoms with Crippen molar-refractivity contribution in [3.05, 3.63) is 89.0 Å². The van der Waals surface area contributed by atoms with Crippen molar-refractivity contribution in [2.24, 2.45) is 11.7 Å². The Balaban J connectivity index is 1.33. The summed E-state index contributed by atoms with van der Waals surface area (Å²) in [6.07, 6.45) is 7.70. The number of nitrogens with two attached hydrogens (primary N) is 1. The SMILES string of the molecule is CC/C=C(\C=C/CNC(=O)CN1CCN(CC(=O)Nc2ccc(C)cc2)CC1)C(C)C(N)C(=O)NCC(=O)NCc1ccc(C=N)cc1. The van der Waals surface area contributed by atoms with Gasteiger partial charge in [0.25, 0.3) is 0 Å². The molecule has 4 amide bonds. The van der Waals surface area contributed by atoms with Crippen LogP contribution in [-0.4, -0.2) is 98.0 Å². The molecule has 1 heterocycles. The van der Waals surface area contributed by atoms with Gasteiger partial charge in [0.15, 0.2) is 0 Å². The fourth-order valence-electron chi connectivity index (χ4n) is 5.13. The number of anilines is 1. The van der Waals surface area contributed by atoms with Crippen LogP contribution in [0.15, 0.2) is 72.3 Å². The zero-order valence-corrected chi connectivity index (χ0v) is 28.3. The first-order valence-corrected chi connectivity index (χ1v) is 16.4. The summed E-state index contributed by atoms with van der Waals surface area (Å²) >= 11 is 0. The number of nitrogens with zero attached hydrogens (tertiary/aromatic N) is 2. The van der Waals surface area contributed by atoms with Gasteiger partial charge >= 0.3 is 0 Å². The van der Waals surface area contributed by atoms with E-state index in [1.54, 1.807) is 12.1 Å². The molecule has 0 aliphatic carbocycles. The predicted octanol–water partition coefficient (Wildman–Crippen LogP) is 1.95. The quantitative estimate of drug-likeness (QED) is 0.111. The van der Waals surface area contributed by atoms with Crippen LogP contribution in [0.3, 0.4) is 0 Å². The van der Waals surface area contributed by atoms with E-state index < -0.39 is 11.9 Å². The third-order valence-electron chi connectivity index (χ3n) is 8.13. The highest BCUT2D eigenvalue weighted by atomic mass is 16.2. The Labute approximate surface area is 283 Å². The lowest BCUT2D eigenvalue weighted by Crippen LogP contribution is -2.51. The Morgan fingerprint density at radius 3 is 2.10 bits per heavy atom. The summed E-state index contributed by atoms with van der Waals surface area (Å²) in [7, 11) is 0. The highest BCUT2D eigenvalue weighted by molar-refractivity contribution is 5.92. The lowest BCUT2D eigenvalue weighted by Gasteiger charge is -2.33. The van der Waals surface area contributed by atoms with Gasteiger partial charge < -0.3 is 32.4 Å². The molecule has 48 heavy (non-hydrogen) atoms. The van der Waals surface area contributed by atoms with Crippen LogP contribution in [0.5, 0.6) is 0 Å². The molecule has 1 fully saturated rings. The molecule has 1 saturated heterocycles. The van der Waals surface area contributed by atoms with Crippen LogP contribution >= 0.6 is 0 Å². The molecule has 12 nitrogen and oxygen atoms in total. The number of nitrogens with one attached hydrogen (secondary N) is 5. The van der Waals surface area contributed by atoms with E-state index in [1.165, 1.54) is 6.21 Å². The summed E-state index contributed by atoms with van der Waals surface area (Å²) in [5.74, 6) is -1.21. The molecule has 2 unspecified atom stereocenters. The Morgan fingerprint density at radius 1 is 0.875 bits per heavy atom. The minimum absolute atomic E-state index is 0.0498. The first-order valence-electron chi connectivity index (χ1n) is 16.4. The van der Waals surface area contributed by atoms with Crippen LogP contribution in [0.1, 0.15) is 37.0 Å². The monoisotopic (exact) mass is 658 g/mol. The molecule has 0 aromatic heterocycles. The summed E-state index contributed by atoms with van der Waals surface area (Å²) in [5, 5.41) is 18.5. The Morgan fingerprint density at radius 2 is 1.50 bits per heavy atom. The van der Waals surface area contributed by atoms with E-state index in [0.717, 1.165) is 34.4 Å². The van der Waals surface area contributed by atoms with Gasteiger partial charge in [0.2, 0.25) is 23.6 Å². The Hall–Kier alpha value is -4.65. The number of amides is 4. The van der Waals surface area contributed by atoms with Crippen molar-refractivity contribution >= 4 is 35.5 Å². The smallest absolute Gasteiger partial charge is 0.239 e. The highest BCUT2D eigenvalue weighted by Crippen LogP contribution is 2.16. The van der Waals surface area contributed by atoms with Crippen LogP contribution in [0.25, 0.3) is 0 Å². The molecule has 0 bridgehead atoms. The molecule has 2 aromatic carbocycles. The zero-order valence-electron chi connectivity index (χ0n) is 28.3. The van der Waals surface area contributed by atoms with Gasteiger partial charge in [-0.2, -0.15) is 0 Å². The van der Waals surface area contributed by atoms with E-state index in [0.29, 0.717) is 45.8 Å². The van der Waals surface area contributed by atoms with Crippen molar-refractivity contribution in [1.82, 2.24) is 25.8 Å². The van der Waals surface area contributed by atoms with Crippen molar-refractivity contribution in [1.29, 1.82) is 5.41 Å². The summed E-state index contributed by atoms with van der Waals surface area (Å²) in [5.41, 5.74) is 10.7. The van der Waals surface area contributed by atoms with Crippen molar-refractivity contribution < 1.29 is 19.2 Å². The lowest BCUT2D eigenvalue weighted by molar-refractivity contribution is -0.127. The van der Waals surface area contributed by atoms with Crippen molar-refractivity contribution in [3.63, 3.8) is 0 Å². The maximum Gasteiger partial charge on any atom is 0.239 e. The van der Waals surface area contributed by atoms with Crippen molar-refractivity contribution in [2.75, 3.05) is 57.7 Å². The number of hydrogen-bond acceptors (Lipinski definition) is 8. The second-order valence-electron chi connectivity index (χ2n) is 12.0. The van der Waals surface area contributed by atoms with Gasteiger partial charge in [-0.05, 0) is 42.2 Å². The normalized spacial score (nSPS) is 15.4. The number of piperazine rings is 1. The molecule has 258 valence electrons. The average molecular weight is 659 g/mol. The molecule has 1 aliphatic rings. The number of carbonyl (C=O) groups is 4. The second kappa shape index (κ2) is 19.9. The lowest BCUT2D eigenvalue weighted by atomic mass is 9.91. The van der Waals surface area contributed by atoms with Gasteiger partial charge in [-0.3, -0.25) is 29.0 Å². The largest absolute Gasteiger partial charge is 0.352 e. The number of carbonyl (C=O) groups excluding carboxylic acids is 4. The van der Waals surface area contributed by atoms with E-state index >= 15 is 0 Å². The first-order chi connectivity index (χ1) is 23.1. The molecule has 3 rings (SSSR count). The number of benzene rings is 2. The second-order valence-corrected chi connectivity index (χ2v) is 12.0. The molecule has 0 spiro atoms. The molecule has 7 N–H and O–H groups in total. The highest BCUT2D eigenvalue weighted by Gasteiger charge is 2.23. The average Bonchev–Trinajstić information content (AvgIpc) is 3.09. The van der Waals surface area contributed by atoms with Crippen LogP contribution < -0.4 is 27.0 Å². The summed E-state index contributed by atoms with van der Waals surface area (Å²) in [6.45, 7) is 9.71. The summed E-state index contributed by atoms with van der Waals surface area (Å²) < 4.78 is 0. The maximum absolute atomic E-state index is 12.7. The molecule has 2 atom stereocenters.